The smallest absolute Gasteiger partial charge is 0.407 e. The molecule has 344 valence electrons. The highest BCUT2D eigenvalue weighted by molar-refractivity contribution is 5.70. The van der Waals surface area contributed by atoms with Gasteiger partial charge < -0.3 is 39.1 Å². The number of hydrogen-bond acceptors (Lipinski definition) is 10. The number of carbonyl (C=O) groups excluding carboxylic acids is 4. The summed E-state index contributed by atoms with van der Waals surface area (Å²) in [4.78, 5) is 51.3. The maximum atomic E-state index is 12.9. The zero-order chi connectivity index (χ0) is 44.8. The molecule has 0 saturated carbocycles. The molecular formula is C49H78N2O10. The van der Waals surface area contributed by atoms with Gasteiger partial charge in [0.2, 0.25) is 0 Å². The number of unbranched alkanes of at least 4 members (excludes halogenated alkanes) is 3. The molecule has 12 heteroatoms. The molecule has 2 rings (SSSR count). The molecule has 0 aliphatic heterocycles. The van der Waals surface area contributed by atoms with E-state index in [0.717, 1.165) is 44.9 Å². The highest BCUT2D eigenvalue weighted by Gasteiger charge is 2.26. The van der Waals surface area contributed by atoms with Gasteiger partial charge in [0.25, 0.3) is 0 Å². The van der Waals surface area contributed by atoms with Crippen LogP contribution in [-0.2, 0) is 28.5 Å². The lowest BCUT2D eigenvalue weighted by Crippen LogP contribution is -2.36. The lowest BCUT2D eigenvalue weighted by molar-refractivity contribution is -0.149. The summed E-state index contributed by atoms with van der Waals surface area (Å²) in [5, 5.41) is 5.57. The van der Waals surface area contributed by atoms with E-state index >= 15 is 0 Å². The van der Waals surface area contributed by atoms with Gasteiger partial charge in [-0.05, 0) is 85.5 Å². The maximum Gasteiger partial charge on any atom is 0.407 e. The third-order valence-corrected chi connectivity index (χ3v) is 11.3. The third-order valence-electron chi connectivity index (χ3n) is 11.3. The Morgan fingerprint density at radius 1 is 0.525 bits per heavy atom. The molecule has 0 aromatic heterocycles. The molecule has 0 spiro atoms. The lowest BCUT2D eigenvalue weighted by Gasteiger charge is -2.25. The Kier molecular flexibility index (Phi) is 27.1. The maximum absolute atomic E-state index is 12.9. The average molecular weight is 855 g/mol. The van der Waals surface area contributed by atoms with Crippen LogP contribution in [0.2, 0.25) is 0 Å². The first-order chi connectivity index (χ1) is 29.3. The van der Waals surface area contributed by atoms with Crippen LogP contribution in [0.4, 0.5) is 9.59 Å². The van der Waals surface area contributed by atoms with Crippen LogP contribution >= 0.6 is 0 Å². The van der Waals surface area contributed by atoms with Gasteiger partial charge in [0.05, 0.1) is 0 Å². The van der Waals surface area contributed by atoms with E-state index < -0.39 is 24.4 Å². The molecule has 0 aliphatic rings. The molecule has 0 radical (unpaired) electrons. The first-order valence-electron chi connectivity index (χ1n) is 22.9. The van der Waals surface area contributed by atoms with Crippen molar-refractivity contribution in [2.24, 2.45) is 35.5 Å². The SMILES string of the molecule is CCC(C)CC(CC(=O)OCC(COc1ccccc1)OC(=O)NCCCCCCNC(=O)OC(COC(=O)CC(CC(C)C)C(C)CC)COc1ccccc1)C(C)CC. The lowest BCUT2D eigenvalue weighted by atomic mass is 9.82. The highest BCUT2D eigenvalue weighted by atomic mass is 16.6. The van der Waals surface area contributed by atoms with Gasteiger partial charge in [0, 0.05) is 25.9 Å². The second kappa shape index (κ2) is 31.4. The molecule has 0 aliphatic carbocycles. The van der Waals surface area contributed by atoms with Crippen molar-refractivity contribution in [1.82, 2.24) is 10.6 Å². The molecule has 2 aromatic carbocycles. The van der Waals surface area contributed by atoms with E-state index in [2.05, 4.69) is 66.0 Å². The predicted molar refractivity (Wildman–Crippen MR) is 239 cm³/mol. The van der Waals surface area contributed by atoms with Gasteiger partial charge in [0.1, 0.15) is 37.9 Å². The highest BCUT2D eigenvalue weighted by Crippen LogP contribution is 2.29. The van der Waals surface area contributed by atoms with Gasteiger partial charge in [-0.1, -0.05) is 124 Å². The number of carbonyl (C=O) groups is 4. The average Bonchev–Trinajstić information content (AvgIpc) is 3.25. The summed E-state index contributed by atoms with van der Waals surface area (Å²) in [6.45, 7) is 17.9. The van der Waals surface area contributed by atoms with E-state index in [1.54, 1.807) is 0 Å². The first kappa shape index (κ1) is 52.7. The molecule has 12 nitrogen and oxygen atoms in total. The summed E-state index contributed by atoms with van der Waals surface area (Å²) in [5.41, 5.74) is 0. The van der Waals surface area contributed by atoms with Crippen LogP contribution in [0.1, 0.15) is 126 Å². The van der Waals surface area contributed by atoms with Gasteiger partial charge in [-0.25, -0.2) is 9.59 Å². The fourth-order valence-electron chi connectivity index (χ4n) is 6.92. The Morgan fingerprint density at radius 2 is 0.934 bits per heavy atom. The van der Waals surface area contributed by atoms with Crippen molar-refractivity contribution in [1.29, 1.82) is 0 Å². The minimum Gasteiger partial charge on any atom is -0.490 e. The second-order valence-electron chi connectivity index (χ2n) is 17.0. The Labute approximate surface area is 366 Å². The zero-order valence-corrected chi connectivity index (χ0v) is 38.5. The van der Waals surface area contributed by atoms with Crippen LogP contribution in [0.15, 0.2) is 60.7 Å². The fraction of sp³-hybridized carbons (Fsp3) is 0.673. The normalized spacial score (nSPS) is 14.6. The quantitative estimate of drug-likeness (QED) is 0.0414. The van der Waals surface area contributed by atoms with Crippen molar-refractivity contribution in [2.45, 2.75) is 138 Å². The number of benzene rings is 2. The van der Waals surface area contributed by atoms with Gasteiger partial charge in [0.15, 0.2) is 12.2 Å². The van der Waals surface area contributed by atoms with Crippen LogP contribution < -0.4 is 20.1 Å². The number of amides is 2. The molecule has 0 bridgehead atoms. The standard InChI is InChI=1S/C49H78N2O10/c1-9-37(6)29-41(39(8)11-3)31-47(53)59-35-45(33-57-43-24-18-15-19-25-43)61-49(55)51-27-21-13-12-20-26-50-48(54)60-44(32-56-42-22-16-14-17-23-42)34-58-46(52)30-40(28-36(4)5)38(7)10-2/h14-19,22-25,36-41,44-45H,9-13,20-21,26-35H2,1-8H3,(H,50,54)(H,51,55). The number of para-hydroxylation sites is 2. The number of nitrogens with one attached hydrogen (secondary N) is 2. The summed E-state index contributed by atoms with van der Waals surface area (Å²) in [6, 6.07) is 18.4. The molecule has 7 unspecified atom stereocenters. The zero-order valence-electron chi connectivity index (χ0n) is 38.5. The van der Waals surface area contributed by atoms with Crippen molar-refractivity contribution in [3.8, 4) is 11.5 Å². The fourth-order valence-corrected chi connectivity index (χ4v) is 6.92. The molecule has 2 N–H and O–H groups in total. The molecule has 0 fully saturated rings. The Morgan fingerprint density at radius 3 is 1.31 bits per heavy atom. The summed E-state index contributed by atoms with van der Waals surface area (Å²) < 4.78 is 34.2. The number of alkyl carbamates (subject to hydrolysis) is 2. The molecular weight excluding hydrogens is 777 g/mol. The Hall–Kier alpha value is -4.48. The number of rotatable bonds is 32. The molecule has 0 heterocycles. The summed E-state index contributed by atoms with van der Waals surface area (Å²) >= 11 is 0. The van der Waals surface area contributed by atoms with Crippen LogP contribution in [0.3, 0.4) is 0 Å². The third kappa shape index (κ3) is 24.5. The van der Waals surface area contributed by atoms with E-state index in [1.807, 2.05) is 60.7 Å². The van der Waals surface area contributed by atoms with Crippen LogP contribution in [0, 0.1) is 35.5 Å². The van der Waals surface area contributed by atoms with Crippen LogP contribution in [0.5, 0.6) is 11.5 Å². The van der Waals surface area contributed by atoms with Crippen molar-refractivity contribution in [3.05, 3.63) is 60.7 Å². The summed E-state index contributed by atoms with van der Waals surface area (Å²) in [6.07, 6.45) is 5.79. The first-order valence-corrected chi connectivity index (χ1v) is 22.9. The minimum absolute atomic E-state index is 0.0319. The van der Waals surface area contributed by atoms with E-state index in [1.165, 1.54) is 0 Å². The largest absolute Gasteiger partial charge is 0.490 e. The molecule has 2 amide bonds. The molecule has 0 saturated heterocycles. The summed E-state index contributed by atoms with van der Waals surface area (Å²) in [7, 11) is 0. The molecule has 7 atom stereocenters. The van der Waals surface area contributed by atoms with Crippen molar-refractivity contribution >= 4 is 24.1 Å². The Balaban J connectivity index is 1.77. The van der Waals surface area contributed by atoms with Crippen molar-refractivity contribution in [2.75, 3.05) is 39.5 Å². The van der Waals surface area contributed by atoms with E-state index in [-0.39, 0.29) is 50.2 Å². The van der Waals surface area contributed by atoms with Crippen LogP contribution in [-0.4, -0.2) is 75.9 Å². The van der Waals surface area contributed by atoms with E-state index in [0.29, 0.717) is 73.9 Å². The van der Waals surface area contributed by atoms with Crippen molar-refractivity contribution < 1.29 is 47.6 Å². The van der Waals surface area contributed by atoms with Crippen LogP contribution in [0.25, 0.3) is 0 Å². The van der Waals surface area contributed by atoms with Gasteiger partial charge in [-0.3, -0.25) is 9.59 Å². The number of esters is 2. The molecule has 2 aromatic rings. The Bertz CT molecular complexity index is 1480. The van der Waals surface area contributed by atoms with Gasteiger partial charge >= 0.3 is 24.1 Å². The second-order valence-corrected chi connectivity index (χ2v) is 17.0. The monoisotopic (exact) mass is 855 g/mol. The minimum atomic E-state index is -0.792. The van der Waals surface area contributed by atoms with Crippen molar-refractivity contribution in [3.63, 3.8) is 0 Å². The van der Waals surface area contributed by atoms with E-state index in [9.17, 15) is 19.2 Å². The van der Waals surface area contributed by atoms with Gasteiger partial charge in [-0.15, -0.1) is 0 Å². The van der Waals surface area contributed by atoms with Gasteiger partial charge in [-0.2, -0.15) is 0 Å². The van der Waals surface area contributed by atoms with E-state index in [4.69, 9.17) is 28.4 Å². The number of hydrogen-bond donors (Lipinski definition) is 2. The number of ether oxygens (including phenoxy) is 6. The topological polar surface area (TPSA) is 148 Å². The predicted octanol–water partition coefficient (Wildman–Crippen LogP) is 10.6. The molecule has 61 heavy (non-hydrogen) atoms. The summed E-state index contributed by atoms with van der Waals surface area (Å²) in [5.74, 6) is 2.87.